The molecule has 0 spiro atoms. The van der Waals surface area contributed by atoms with E-state index in [4.69, 9.17) is 9.47 Å². The lowest BCUT2D eigenvalue weighted by Crippen LogP contribution is -2.41. The summed E-state index contributed by atoms with van der Waals surface area (Å²) in [4.78, 5) is 38.9. The molecule has 1 aliphatic carbocycles. The minimum absolute atomic E-state index is 0.0423. The van der Waals surface area contributed by atoms with Gasteiger partial charge in [-0.3, -0.25) is 19.3 Å². The second-order valence-electron chi connectivity index (χ2n) is 8.64. The van der Waals surface area contributed by atoms with Crippen LogP contribution in [0, 0.1) is 0 Å². The highest BCUT2D eigenvalue weighted by Gasteiger charge is 2.40. The molecule has 7 nitrogen and oxygen atoms in total. The smallest absolute Gasteiger partial charge is 0.416 e. The quantitative estimate of drug-likeness (QED) is 0.591. The molecule has 4 rings (SSSR count). The summed E-state index contributed by atoms with van der Waals surface area (Å²) >= 11 is 0. The Hall–Kier alpha value is -3.56. The summed E-state index contributed by atoms with van der Waals surface area (Å²) < 4.78 is 50.3. The predicted octanol–water partition coefficient (Wildman–Crippen LogP) is 4.09. The number of nitrogens with zero attached hydrogens (tertiary/aromatic N) is 1. The van der Waals surface area contributed by atoms with E-state index in [1.54, 1.807) is 6.07 Å². The van der Waals surface area contributed by atoms with Crippen molar-refractivity contribution in [1.29, 1.82) is 0 Å². The first kappa shape index (κ1) is 24.6. The number of carbonyl (C=O) groups excluding carboxylic acids is 3. The predicted molar refractivity (Wildman–Crippen MR) is 119 cm³/mol. The second kappa shape index (κ2) is 9.97. The van der Waals surface area contributed by atoms with Crippen LogP contribution in [0.3, 0.4) is 0 Å². The Labute approximate surface area is 200 Å². The Morgan fingerprint density at radius 3 is 2.51 bits per heavy atom. The summed E-state index contributed by atoms with van der Waals surface area (Å²) in [7, 11) is 1.50. The Morgan fingerprint density at radius 1 is 1.09 bits per heavy atom. The number of hydrogen-bond acceptors (Lipinski definition) is 5. The standard InChI is InChI=1S/C25H25F3N2O5/c1-34-20-10-9-16(12-21(20)35-18-7-2-3-8-18)23(32)29-19-13-22(31)30(24(19)33)14-15-5-4-6-17(11-15)25(26,27)28/h4-6,9-12,18-19H,2-3,7-8,13-14H2,1H3,(H,29,32)/t19-/m0/s1. The van der Waals surface area contributed by atoms with E-state index in [0.29, 0.717) is 11.5 Å². The molecule has 0 radical (unpaired) electrons. The van der Waals surface area contributed by atoms with Crippen molar-refractivity contribution in [2.45, 2.75) is 57.0 Å². The lowest BCUT2D eigenvalue weighted by atomic mass is 10.1. The van der Waals surface area contributed by atoms with Crippen molar-refractivity contribution in [3.63, 3.8) is 0 Å². The number of benzene rings is 2. The molecule has 1 aliphatic heterocycles. The number of carbonyl (C=O) groups is 3. The normalized spacial score (nSPS) is 18.7. The lowest BCUT2D eigenvalue weighted by molar-refractivity contribution is -0.139. The maximum absolute atomic E-state index is 13.0. The molecule has 2 aromatic carbocycles. The van der Waals surface area contributed by atoms with Crippen LogP contribution in [0.2, 0.25) is 0 Å². The minimum Gasteiger partial charge on any atom is -0.493 e. The third-order valence-electron chi connectivity index (χ3n) is 6.17. The average molecular weight is 490 g/mol. The Morgan fingerprint density at radius 2 is 1.83 bits per heavy atom. The number of amides is 3. The molecule has 1 saturated heterocycles. The molecule has 3 amide bonds. The SMILES string of the molecule is COc1ccc(C(=O)N[C@H]2CC(=O)N(Cc3cccc(C(F)(F)F)c3)C2=O)cc1OC1CCCC1. The Balaban J connectivity index is 1.44. The van der Waals surface area contributed by atoms with Crippen molar-refractivity contribution >= 4 is 17.7 Å². The van der Waals surface area contributed by atoms with Crippen LogP contribution in [0.25, 0.3) is 0 Å². The molecule has 186 valence electrons. The number of imide groups is 1. The first-order chi connectivity index (χ1) is 16.7. The van der Waals surface area contributed by atoms with Crippen molar-refractivity contribution in [1.82, 2.24) is 10.2 Å². The van der Waals surface area contributed by atoms with E-state index >= 15 is 0 Å². The Bertz CT molecular complexity index is 1130. The zero-order valence-electron chi connectivity index (χ0n) is 19.1. The van der Waals surface area contributed by atoms with Gasteiger partial charge in [-0.25, -0.2) is 0 Å². The van der Waals surface area contributed by atoms with Crippen LogP contribution in [0.1, 0.15) is 53.6 Å². The highest BCUT2D eigenvalue weighted by atomic mass is 19.4. The van der Waals surface area contributed by atoms with Gasteiger partial charge in [0.05, 0.1) is 31.7 Å². The number of likely N-dealkylation sites (tertiary alicyclic amines) is 1. The maximum Gasteiger partial charge on any atom is 0.416 e. The van der Waals surface area contributed by atoms with Gasteiger partial charge in [0.25, 0.3) is 11.8 Å². The lowest BCUT2D eigenvalue weighted by Gasteiger charge is -2.18. The van der Waals surface area contributed by atoms with Gasteiger partial charge in [-0.1, -0.05) is 12.1 Å². The van der Waals surface area contributed by atoms with Crippen molar-refractivity contribution in [3.8, 4) is 11.5 Å². The molecule has 2 fully saturated rings. The zero-order chi connectivity index (χ0) is 25.2. The van der Waals surface area contributed by atoms with Crippen LogP contribution >= 0.6 is 0 Å². The minimum atomic E-state index is -4.54. The highest BCUT2D eigenvalue weighted by molar-refractivity contribution is 6.08. The van der Waals surface area contributed by atoms with E-state index in [1.807, 2.05) is 0 Å². The van der Waals surface area contributed by atoms with Gasteiger partial charge in [-0.2, -0.15) is 13.2 Å². The third-order valence-corrected chi connectivity index (χ3v) is 6.17. The number of alkyl halides is 3. The van der Waals surface area contributed by atoms with Crippen LogP contribution in [0.5, 0.6) is 11.5 Å². The number of halogens is 3. The molecule has 0 bridgehead atoms. The molecule has 0 unspecified atom stereocenters. The monoisotopic (exact) mass is 490 g/mol. The summed E-state index contributed by atoms with van der Waals surface area (Å²) in [6, 6.07) is 7.99. The Kier molecular flexibility index (Phi) is 7.00. The van der Waals surface area contributed by atoms with E-state index in [1.165, 1.54) is 31.4 Å². The largest absolute Gasteiger partial charge is 0.493 e. The molecule has 1 N–H and O–H groups in total. The molecule has 2 aromatic rings. The van der Waals surface area contributed by atoms with Crippen molar-refractivity contribution in [2.75, 3.05) is 7.11 Å². The highest BCUT2D eigenvalue weighted by Crippen LogP contribution is 2.33. The fourth-order valence-electron chi connectivity index (χ4n) is 4.33. The van der Waals surface area contributed by atoms with Gasteiger partial charge in [0.15, 0.2) is 11.5 Å². The third kappa shape index (κ3) is 5.58. The summed E-state index contributed by atoms with van der Waals surface area (Å²) in [5.41, 5.74) is -0.471. The second-order valence-corrected chi connectivity index (χ2v) is 8.64. The van der Waals surface area contributed by atoms with Crippen LogP contribution in [-0.2, 0) is 22.3 Å². The van der Waals surface area contributed by atoms with E-state index < -0.39 is 35.5 Å². The van der Waals surface area contributed by atoms with Crippen molar-refractivity contribution < 1.29 is 37.0 Å². The molecule has 35 heavy (non-hydrogen) atoms. The fraction of sp³-hybridized carbons (Fsp3) is 0.400. The van der Waals surface area contributed by atoms with E-state index in [9.17, 15) is 27.6 Å². The summed E-state index contributed by atoms with van der Waals surface area (Å²) in [5, 5.41) is 2.56. The number of hydrogen-bond donors (Lipinski definition) is 1. The van der Waals surface area contributed by atoms with Gasteiger partial charge in [-0.05, 0) is 61.6 Å². The molecule has 10 heteroatoms. The van der Waals surface area contributed by atoms with E-state index in [-0.39, 0.29) is 30.2 Å². The van der Waals surface area contributed by atoms with Crippen LogP contribution < -0.4 is 14.8 Å². The van der Waals surface area contributed by atoms with Crippen LogP contribution in [-0.4, -0.2) is 41.9 Å². The summed E-state index contributed by atoms with van der Waals surface area (Å²) in [6.07, 6.45) is -0.792. The molecule has 2 aliphatic rings. The molecule has 1 atom stereocenters. The summed E-state index contributed by atoms with van der Waals surface area (Å²) in [5.74, 6) is -0.912. The van der Waals surface area contributed by atoms with Crippen LogP contribution in [0.4, 0.5) is 13.2 Å². The topological polar surface area (TPSA) is 84.9 Å². The van der Waals surface area contributed by atoms with Gasteiger partial charge in [0.2, 0.25) is 5.91 Å². The number of rotatable bonds is 7. The molecule has 1 heterocycles. The van der Waals surface area contributed by atoms with E-state index in [2.05, 4.69) is 5.32 Å². The van der Waals surface area contributed by atoms with Gasteiger partial charge in [0.1, 0.15) is 6.04 Å². The molecule has 1 saturated carbocycles. The maximum atomic E-state index is 13.0. The molecular weight excluding hydrogens is 465 g/mol. The van der Waals surface area contributed by atoms with Gasteiger partial charge in [0, 0.05) is 5.56 Å². The van der Waals surface area contributed by atoms with Gasteiger partial charge in [-0.15, -0.1) is 0 Å². The first-order valence-electron chi connectivity index (χ1n) is 11.3. The first-order valence-corrected chi connectivity index (χ1v) is 11.3. The molecule has 0 aromatic heterocycles. The van der Waals surface area contributed by atoms with Gasteiger partial charge >= 0.3 is 6.18 Å². The summed E-state index contributed by atoms with van der Waals surface area (Å²) in [6.45, 7) is -0.310. The average Bonchev–Trinajstić information content (AvgIpc) is 3.42. The van der Waals surface area contributed by atoms with Gasteiger partial charge < -0.3 is 14.8 Å². The van der Waals surface area contributed by atoms with Crippen molar-refractivity contribution in [3.05, 3.63) is 59.2 Å². The fourth-order valence-corrected chi connectivity index (χ4v) is 4.33. The van der Waals surface area contributed by atoms with Crippen molar-refractivity contribution in [2.24, 2.45) is 0 Å². The zero-order valence-corrected chi connectivity index (χ0v) is 19.1. The van der Waals surface area contributed by atoms with Crippen LogP contribution in [0.15, 0.2) is 42.5 Å². The number of methoxy groups -OCH3 is 1. The van der Waals surface area contributed by atoms with E-state index in [0.717, 1.165) is 42.7 Å². The molecular formula is C25H25F3N2O5. The number of ether oxygens (including phenoxy) is 2. The number of nitrogens with one attached hydrogen (secondary N) is 1.